The minimum atomic E-state index is -4.42. The minimum absolute atomic E-state index is 0.0122. The van der Waals surface area contributed by atoms with E-state index in [1.165, 1.54) is 44.9 Å². The molecule has 0 saturated heterocycles. The molecule has 0 radical (unpaired) electrons. The van der Waals surface area contributed by atoms with E-state index >= 15 is 0 Å². The second-order valence-corrected chi connectivity index (χ2v) is 22.4. The summed E-state index contributed by atoms with van der Waals surface area (Å²) in [6.07, 6.45) is 90.1. The van der Waals surface area contributed by atoms with Gasteiger partial charge in [-0.3, -0.25) is 18.6 Å². The van der Waals surface area contributed by atoms with Crippen LogP contribution < -0.4 is 0 Å². The van der Waals surface area contributed by atoms with Gasteiger partial charge < -0.3 is 18.9 Å². The van der Waals surface area contributed by atoms with Gasteiger partial charge in [0.1, 0.15) is 19.8 Å². The molecule has 0 aromatic heterocycles. The van der Waals surface area contributed by atoms with Crippen molar-refractivity contribution in [3.8, 4) is 0 Å². The Balaban J connectivity index is 4.25. The first-order valence-corrected chi connectivity index (χ1v) is 32.4. The van der Waals surface area contributed by atoms with Crippen molar-refractivity contribution < 1.29 is 42.1 Å². The van der Waals surface area contributed by atoms with Gasteiger partial charge in [-0.2, -0.15) is 0 Å². The summed E-state index contributed by atoms with van der Waals surface area (Å²) in [5.74, 6) is -0.884. The molecule has 2 unspecified atom stereocenters. The third-order valence-corrected chi connectivity index (χ3v) is 13.2. The van der Waals surface area contributed by atoms with E-state index in [1.54, 1.807) is 0 Å². The Hall–Kier alpha value is -4.63. The molecule has 1 N–H and O–H groups in total. The van der Waals surface area contributed by atoms with Gasteiger partial charge >= 0.3 is 19.8 Å². The average Bonchev–Trinajstić information content (AvgIpc) is 3.42. The topological polar surface area (TPSA) is 108 Å². The van der Waals surface area contributed by atoms with Crippen LogP contribution in [0.15, 0.2) is 170 Å². The smallest absolute Gasteiger partial charge is 0.462 e. The van der Waals surface area contributed by atoms with E-state index in [4.69, 9.17) is 18.5 Å². The standard InChI is InChI=1S/C70H112NO8P/c1-6-8-10-12-14-16-18-20-22-24-26-28-30-31-32-33-34-35-36-37-38-39-41-43-45-47-49-51-53-55-57-59-61-63-70(73)79-68(67-78-80(74,75)77-65-64-71(3,4)5)66-76-69(72)62-60-58-56-54-52-50-48-46-44-42-40-29-27-25-23-21-19-17-15-13-11-9-7-2/h8-11,14-17,20-23,26-29,31-32,34-35,37-38,42,44,48,50,54,56,68H,6-7,12-13,18-19,24-25,30,33,36,39-41,43,45-47,49,51-53,55,57-67H2,1-5H3/p+1/b10-8-,11-9-,16-14-,17-15-,22-20-,23-21-,28-26-,29-27-,32-31-,35-34-,38-37-,44-42-,50-48-,56-54-. The lowest BCUT2D eigenvalue weighted by molar-refractivity contribution is -0.870. The zero-order valence-corrected chi connectivity index (χ0v) is 51.9. The molecule has 0 heterocycles. The molecular weight excluding hydrogens is 1010 g/mol. The van der Waals surface area contributed by atoms with Gasteiger partial charge in [0.05, 0.1) is 27.7 Å². The molecule has 0 aliphatic carbocycles. The number of hydrogen-bond acceptors (Lipinski definition) is 7. The molecule has 0 aromatic rings. The Labute approximate surface area is 489 Å². The summed E-state index contributed by atoms with van der Waals surface area (Å²) >= 11 is 0. The number of carbonyl (C=O) groups is 2. The van der Waals surface area contributed by atoms with E-state index in [1.807, 2.05) is 21.1 Å². The quantitative estimate of drug-likeness (QED) is 0.0211. The van der Waals surface area contributed by atoms with Crippen molar-refractivity contribution in [1.82, 2.24) is 0 Å². The largest absolute Gasteiger partial charge is 0.472 e. The molecule has 450 valence electrons. The first-order valence-electron chi connectivity index (χ1n) is 30.9. The van der Waals surface area contributed by atoms with Crippen LogP contribution in [0.25, 0.3) is 0 Å². The van der Waals surface area contributed by atoms with Crippen molar-refractivity contribution in [3.05, 3.63) is 170 Å². The van der Waals surface area contributed by atoms with Crippen LogP contribution in [0.5, 0.6) is 0 Å². The van der Waals surface area contributed by atoms with E-state index in [0.29, 0.717) is 23.9 Å². The Morgan fingerprint density at radius 1 is 0.388 bits per heavy atom. The summed E-state index contributed by atoms with van der Waals surface area (Å²) in [4.78, 5) is 35.7. The summed E-state index contributed by atoms with van der Waals surface area (Å²) in [7, 11) is 1.42. The number of phosphoric acid groups is 1. The van der Waals surface area contributed by atoms with Crippen LogP contribution in [-0.2, 0) is 32.7 Å². The molecule has 0 aromatic carbocycles. The van der Waals surface area contributed by atoms with Crippen molar-refractivity contribution in [2.45, 2.75) is 213 Å². The molecule has 0 aliphatic heterocycles. The highest BCUT2D eigenvalue weighted by molar-refractivity contribution is 7.47. The van der Waals surface area contributed by atoms with Crippen LogP contribution >= 0.6 is 7.82 Å². The Morgan fingerprint density at radius 2 is 0.688 bits per heavy atom. The lowest BCUT2D eigenvalue weighted by Gasteiger charge is -2.24. The Bertz CT molecular complexity index is 1950. The van der Waals surface area contributed by atoms with Crippen molar-refractivity contribution in [1.29, 1.82) is 0 Å². The highest BCUT2D eigenvalue weighted by atomic mass is 31.2. The fourth-order valence-corrected chi connectivity index (χ4v) is 8.31. The maximum absolute atomic E-state index is 12.8. The molecule has 0 saturated carbocycles. The number of hydrogen-bond donors (Lipinski definition) is 1. The van der Waals surface area contributed by atoms with Crippen molar-refractivity contribution in [3.63, 3.8) is 0 Å². The Kier molecular flexibility index (Phi) is 55.6. The monoisotopic (exact) mass is 1130 g/mol. The number of unbranched alkanes of at least 4 members (excludes halogenated alkanes) is 12. The van der Waals surface area contributed by atoms with Crippen LogP contribution in [-0.4, -0.2) is 74.9 Å². The molecule has 0 spiro atoms. The molecule has 0 aliphatic rings. The normalized spacial score (nSPS) is 14.4. The predicted molar refractivity (Wildman–Crippen MR) is 343 cm³/mol. The number of carbonyl (C=O) groups excluding carboxylic acids is 2. The van der Waals surface area contributed by atoms with Gasteiger partial charge in [-0.15, -0.1) is 0 Å². The summed E-state index contributed by atoms with van der Waals surface area (Å²) in [6.45, 7) is 4.11. The number of rotatable bonds is 54. The maximum Gasteiger partial charge on any atom is 0.472 e. The lowest BCUT2D eigenvalue weighted by Crippen LogP contribution is -2.37. The average molecular weight is 1130 g/mol. The fraction of sp³-hybridized carbons (Fsp3) is 0.571. The number of nitrogens with zero attached hydrogens (tertiary/aromatic N) is 1. The van der Waals surface area contributed by atoms with Crippen molar-refractivity contribution in [2.75, 3.05) is 47.5 Å². The van der Waals surface area contributed by atoms with Crippen molar-refractivity contribution >= 4 is 19.8 Å². The minimum Gasteiger partial charge on any atom is -0.462 e. The van der Waals surface area contributed by atoms with E-state index in [9.17, 15) is 19.0 Å². The lowest BCUT2D eigenvalue weighted by atomic mass is 10.0. The summed E-state index contributed by atoms with van der Waals surface area (Å²) in [5.41, 5.74) is 0. The summed E-state index contributed by atoms with van der Waals surface area (Å²) in [5, 5.41) is 0. The molecular formula is C70H113NO8P+. The molecule has 0 fully saturated rings. The third kappa shape index (κ3) is 62.6. The number of ether oxygens (including phenoxy) is 2. The maximum atomic E-state index is 12.8. The Morgan fingerprint density at radius 3 is 1.04 bits per heavy atom. The second-order valence-electron chi connectivity index (χ2n) is 21.0. The molecule has 80 heavy (non-hydrogen) atoms. The molecule has 2 atom stereocenters. The van der Waals surface area contributed by atoms with Gasteiger partial charge in [0.15, 0.2) is 6.10 Å². The van der Waals surface area contributed by atoms with Gasteiger partial charge in [0.25, 0.3) is 0 Å². The van der Waals surface area contributed by atoms with E-state index in [0.717, 1.165) is 122 Å². The fourth-order valence-electron chi connectivity index (χ4n) is 7.57. The number of esters is 2. The van der Waals surface area contributed by atoms with Crippen LogP contribution in [0.2, 0.25) is 0 Å². The molecule has 0 rings (SSSR count). The number of likely N-dealkylation sites (N-methyl/N-ethyl adjacent to an activating group) is 1. The van der Waals surface area contributed by atoms with Gasteiger partial charge in [0, 0.05) is 12.8 Å². The van der Waals surface area contributed by atoms with Gasteiger partial charge in [0.2, 0.25) is 0 Å². The number of phosphoric ester groups is 1. The highest BCUT2D eigenvalue weighted by Crippen LogP contribution is 2.43. The zero-order chi connectivity index (χ0) is 58.4. The predicted octanol–water partition coefficient (Wildman–Crippen LogP) is 19.8. The molecule has 0 amide bonds. The number of quaternary nitrogens is 1. The van der Waals surface area contributed by atoms with Gasteiger partial charge in [-0.05, 0) is 122 Å². The number of allylic oxidation sites excluding steroid dienone is 28. The molecule has 9 nitrogen and oxygen atoms in total. The van der Waals surface area contributed by atoms with E-state index in [-0.39, 0.29) is 26.1 Å². The van der Waals surface area contributed by atoms with Crippen LogP contribution in [0.4, 0.5) is 0 Å². The summed E-state index contributed by atoms with van der Waals surface area (Å²) < 4.78 is 34.5. The SMILES string of the molecule is CC/C=C\C/C=C\C/C=C\C/C=C\C/C=C\C/C=C\C/C=C\CCCCCCCCCCCCCC(=O)OC(COC(=O)CCC/C=C\C/C=C\C/C=C\C/C=C\C/C=C\C/C=C\C/C=C\CC)COP(=O)(O)OCC[N+](C)(C)C. The van der Waals surface area contributed by atoms with Gasteiger partial charge in [-0.1, -0.05) is 242 Å². The van der Waals surface area contributed by atoms with Crippen molar-refractivity contribution in [2.24, 2.45) is 0 Å². The first-order chi connectivity index (χ1) is 39.0. The van der Waals surface area contributed by atoms with Crippen LogP contribution in [0.3, 0.4) is 0 Å². The molecule has 10 heteroatoms. The summed E-state index contributed by atoms with van der Waals surface area (Å²) in [6, 6.07) is 0. The van der Waals surface area contributed by atoms with E-state index < -0.39 is 32.5 Å². The molecule has 0 bridgehead atoms. The van der Waals surface area contributed by atoms with Crippen LogP contribution in [0, 0.1) is 0 Å². The van der Waals surface area contributed by atoms with E-state index in [2.05, 4.69) is 184 Å². The highest BCUT2D eigenvalue weighted by Gasteiger charge is 2.27. The van der Waals surface area contributed by atoms with Crippen LogP contribution in [0.1, 0.15) is 206 Å². The second kappa shape index (κ2) is 59.0. The van der Waals surface area contributed by atoms with Gasteiger partial charge in [-0.25, -0.2) is 4.57 Å². The first kappa shape index (κ1) is 75.4. The zero-order valence-electron chi connectivity index (χ0n) is 51.0. The third-order valence-electron chi connectivity index (χ3n) is 12.2.